The van der Waals surface area contributed by atoms with Crippen LogP contribution in [0.5, 0.6) is 5.75 Å². The van der Waals surface area contributed by atoms with Crippen LogP contribution in [0.2, 0.25) is 0 Å². The summed E-state index contributed by atoms with van der Waals surface area (Å²) in [5.41, 5.74) is 5.07. The summed E-state index contributed by atoms with van der Waals surface area (Å²) in [6, 6.07) is 21.4. The maximum atomic E-state index is 13.9. The summed E-state index contributed by atoms with van der Waals surface area (Å²) in [5, 5.41) is 1.05. The van der Waals surface area contributed by atoms with E-state index in [0.29, 0.717) is 18.5 Å². The van der Waals surface area contributed by atoms with Gasteiger partial charge in [-0.05, 0) is 47.0 Å². The number of hydrogen-bond acceptors (Lipinski definition) is 5. The molecule has 4 aromatic rings. The van der Waals surface area contributed by atoms with E-state index in [0.717, 1.165) is 39.0 Å². The van der Waals surface area contributed by atoms with Crippen LogP contribution in [-0.4, -0.2) is 59.4 Å². The number of carbonyl (C=O) groups is 3. The number of amides is 2. The average molecular weight is 510 g/mol. The van der Waals surface area contributed by atoms with Crippen LogP contribution in [0, 0.1) is 0 Å². The predicted molar refractivity (Wildman–Crippen MR) is 141 cm³/mol. The quantitative estimate of drug-likeness (QED) is 0.413. The normalized spacial score (nSPS) is 18.8. The van der Waals surface area contributed by atoms with Gasteiger partial charge in [0, 0.05) is 29.6 Å². The molecule has 6 rings (SSSR count). The van der Waals surface area contributed by atoms with Crippen molar-refractivity contribution >= 4 is 28.7 Å². The van der Waals surface area contributed by atoms with Crippen molar-refractivity contribution in [2.24, 2.45) is 0 Å². The van der Waals surface area contributed by atoms with Crippen molar-refractivity contribution in [3.8, 4) is 5.75 Å². The molecule has 0 saturated carbocycles. The number of benzene rings is 3. The number of aromatic nitrogens is 1. The van der Waals surface area contributed by atoms with E-state index >= 15 is 0 Å². The van der Waals surface area contributed by atoms with Crippen LogP contribution in [0.3, 0.4) is 0 Å². The summed E-state index contributed by atoms with van der Waals surface area (Å²) in [5.74, 6) is 0.117. The van der Waals surface area contributed by atoms with Crippen LogP contribution in [-0.2, 0) is 27.3 Å². The van der Waals surface area contributed by atoms with Gasteiger partial charge in [0.15, 0.2) is 0 Å². The summed E-state index contributed by atoms with van der Waals surface area (Å²) >= 11 is 0. The number of piperazine rings is 1. The maximum absolute atomic E-state index is 13.9. The van der Waals surface area contributed by atoms with E-state index in [1.165, 1.54) is 7.11 Å². The molecule has 0 aliphatic carbocycles. The van der Waals surface area contributed by atoms with Crippen LogP contribution in [0.1, 0.15) is 38.8 Å². The Hall–Kier alpha value is -4.59. The third-order valence-electron chi connectivity index (χ3n) is 7.52. The van der Waals surface area contributed by atoms with Crippen molar-refractivity contribution in [2.75, 3.05) is 20.8 Å². The molecule has 1 unspecified atom stereocenters. The number of ether oxygens (including phenoxy) is 2. The second kappa shape index (κ2) is 9.37. The first-order chi connectivity index (χ1) is 18.5. The Balaban J connectivity index is 1.40. The molecule has 8 nitrogen and oxygen atoms in total. The number of hydrogen-bond donors (Lipinski definition) is 1. The molecule has 1 fully saturated rings. The van der Waals surface area contributed by atoms with E-state index in [1.54, 1.807) is 29.0 Å². The molecular weight excluding hydrogens is 482 g/mol. The van der Waals surface area contributed by atoms with E-state index in [4.69, 9.17) is 9.47 Å². The van der Waals surface area contributed by atoms with Gasteiger partial charge in [-0.3, -0.25) is 9.59 Å². The van der Waals surface area contributed by atoms with Gasteiger partial charge in [0.25, 0.3) is 0 Å². The molecule has 2 aliphatic heterocycles. The van der Waals surface area contributed by atoms with Gasteiger partial charge in [-0.2, -0.15) is 0 Å². The fourth-order valence-corrected chi connectivity index (χ4v) is 5.67. The molecule has 8 heteroatoms. The molecule has 0 radical (unpaired) electrons. The molecule has 2 aliphatic rings. The standard InChI is InChI=1S/C30H27N3O5/c1-37-21-13-7-18(8-14-21)16-32-17-26(34)33-25(29(32)35)15-23-22-5-3-4-6-24(22)31-27(23)28(33)19-9-11-20(12-10-19)30(36)38-2/h3-14,25,28,31H,15-17H2,1-2H3/t25-,28?/m0/s1. The molecule has 1 N–H and O–H groups in total. The summed E-state index contributed by atoms with van der Waals surface area (Å²) in [6.07, 6.45) is 0.430. The fourth-order valence-electron chi connectivity index (χ4n) is 5.67. The van der Waals surface area contributed by atoms with Crippen molar-refractivity contribution in [2.45, 2.75) is 25.0 Å². The largest absolute Gasteiger partial charge is 0.497 e. The number of fused-ring (bicyclic) bond motifs is 4. The summed E-state index contributed by atoms with van der Waals surface area (Å²) in [4.78, 5) is 46.5. The minimum Gasteiger partial charge on any atom is -0.497 e. The van der Waals surface area contributed by atoms with E-state index in [1.807, 2.05) is 60.7 Å². The molecule has 1 aromatic heterocycles. The first kappa shape index (κ1) is 23.8. The summed E-state index contributed by atoms with van der Waals surface area (Å²) in [6.45, 7) is 0.339. The number of para-hydroxylation sites is 1. The topological polar surface area (TPSA) is 91.9 Å². The van der Waals surface area contributed by atoms with Gasteiger partial charge in [-0.15, -0.1) is 0 Å². The SMILES string of the molecule is COC(=O)c1ccc(C2c3[nH]c4ccccc4c3C[C@H]3C(=O)N(Cc4ccc(OC)cc4)CC(=O)N23)cc1. The Morgan fingerprint density at radius 1 is 0.974 bits per heavy atom. The van der Waals surface area contributed by atoms with E-state index < -0.39 is 18.1 Å². The third kappa shape index (κ3) is 3.89. The average Bonchev–Trinajstić information content (AvgIpc) is 3.33. The number of esters is 1. The Morgan fingerprint density at radius 2 is 1.71 bits per heavy atom. The highest BCUT2D eigenvalue weighted by Gasteiger charge is 2.48. The number of methoxy groups -OCH3 is 2. The number of carbonyl (C=O) groups excluding carboxylic acids is 3. The van der Waals surface area contributed by atoms with Crippen LogP contribution in [0.15, 0.2) is 72.8 Å². The minimum atomic E-state index is -0.633. The zero-order chi connectivity index (χ0) is 26.4. The lowest BCUT2D eigenvalue weighted by Gasteiger charge is -2.47. The Morgan fingerprint density at radius 3 is 2.42 bits per heavy atom. The monoisotopic (exact) mass is 509 g/mol. The molecule has 3 heterocycles. The molecule has 0 bridgehead atoms. The molecule has 1 saturated heterocycles. The lowest BCUT2D eigenvalue weighted by molar-refractivity contribution is -0.159. The van der Waals surface area contributed by atoms with Gasteiger partial charge in [0.1, 0.15) is 18.3 Å². The lowest BCUT2D eigenvalue weighted by atomic mass is 9.86. The van der Waals surface area contributed by atoms with Crippen LogP contribution in [0.25, 0.3) is 10.9 Å². The molecule has 2 amide bonds. The highest BCUT2D eigenvalue weighted by Crippen LogP contribution is 2.42. The Labute approximate surface area is 219 Å². The minimum absolute atomic E-state index is 0.00628. The second-order valence-corrected chi connectivity index (χ2v) is 9.64. The smallest absolute Gasteiger partial charge is 0.337 e. The van der Waals surface area contributed by atoms with Gasteiger partial charge in [0.2, 0.25) is 11.8 Å². The van der Waals surface area contributed by atoms with Gasteiger partial charge < -0.3 is 24.3 Å². The molecule has 0 spiro atoms. The molecule has 38 heavy (non-hydrogen) atoms. The Kier molecular flexibility index (Phi) is 5.87. The van der Waals surface area contributed by atoms with Gasteiger partial charge >= 0.3 is 5.97 Å². The number of nitrogens with one attached hydrogen (secondary N) is 1. The van der Waals surface area contributed by atoms with Gasteiger partial charge in [-0.1, -0.05) is 42.5 Å². The van der Waals surface area contributed by atoms with Crippen molar-refractivity contribution < 1.29 is 23.9 Å². The first-order valence-electron chi connectivity index (χ1n) is 12.5. The van der Waals surface area contributed by atoms with E-state index in [2.05, 4.69) is 4.98 Å². The van der Waals surface area contributed by atoms with Gasteiger partial charge in [-0.25, -0.2) is 4.79 Å². The van der Waals surface area contributed by atoms with E-state index in [-0.39, 0.29) is 18.4 Å². The van der Waals surface area contributed by atoms with Crippen molar-refractivity contribution in [1.29, 1.82) is 0 Å². The lowest BCUT2D eigenvalue weighted by Crippen LogP contribution is -2.62. The summed E-state index contributed by atoms with van der Waals surface area (Å²) in [7, 11) is 2.95. The van der Waals surface area contributed by atoms with Crippen LogP contribution in [0.4, 0.5) is 0 Å². The van der Waals surface area contributed by atoms with Crippen molar-refractivity contribution in [1.82, 2.24) is 14.8 Å². The second-order valence-electron chi connectivity index (χ2n) is 9.64. The highest BCUT2D eigenvalue weighted by atomic mass is 16.5. The van der Waals surface area contributed by atoms with Crippen molar-refractivity contribution in [3.63, 3.8) is 0 Å². The van der Waals surface area contributed by atoms with Crippen LogP contribution >= 0.6 is 0 Å². The molecule has 2 atom stereocenters. The molecular formula is C30H27N3O5. The zero-order valence-corrected chi connectivity index (χ0v) is 21.1. The van der Waals surface area contributed by atoms with E-state index in [9.17, 15) is 14.4 Å². The molecule has 192 valence electrons. The maximum Gasteiger partial charge on any atom is 0.337 e. The fraction of sp³-hybridized carbons (Fsp3) is 0.233. The first-order valence-corrected chi connectivity index (χ1v) is 12.5. The number of aromatic amines is 1. The number of H-pyrrole nitrogens is 1. The summed E-state index contributed by atoms with van der Waals surface area (Å²) < 4.78 is 10.1. The number of nitrogens with zero attached hydrogens (tertiary/aromatic N) is 2. The third-order valence-corrected chi connectivity index (χ3v) is 7.52. The molecule has 3 aromatic carbocycles. The highest BCUT2D eigenvalue weighted by molar-refractivity contribution is 5.97. The zero-order valence-electron chi connectivity index (χ0n) is 21.1. The number of rotatable bonds is 5. The van der Waals surface area contributed by atoms with Crippen LogP contribution < -0.4 is 4.74 Å². The Bertz CT molecular complexity index is 1540. The van der Waals surface area contributed by atoms with Gasteiger partial charge in [0.05, 0.1) is 25.8 Å². The predicted octanol–water partition coefficient (Wildman–Crippen LogP) is 3.85. The van der Waals surface area contributed by atoms with Crippen molar-refractivity contribution in [3.05, 3.63) is 101 Å².